The second kappa shape index (κ2) is 6.60. The van der Waals surface area contributed by atoms with Gasteiger partial charge in [0.25, 0.3) is 0 Å². The van der Waals surface area contributed by atoms with Crippen molar-refractivity contribution in [2.75, 3.05) is 29.6 Å². The fourth-order valence-corrected chi connectivity index (χ4v) is 1.90. The molecule has 0 heterocycles. The molecule has 23 heavy (non-hydrogen) atoms. The second-order valence-electron chi connectivity index (χ2n) is 5.10. The second-order valence-corrected chi connectivity index (χ2v) is 5.10. The smallest absolute Gasteiger partial charge is 0.378 e. The molecule has 7 heteroatoms. The predicted molar refractivity (Wildman–Crippen MR) is 84.9 cm³/mol. The summed E-state index contributed by atoms with van der Waals surface area (Å²) in [5.74, 6) is 0. The molecule has 0 aromatic heterocycles. The number of alkyl halides is 3. The van der Waals surface area contributed by atoms with Crippen LogP contribution in [-0.4, -0.2) is 20.1 Å². The zero-order valence-corrected chi connectivity index (χ0v) is 12.6. The SMILES string of the molecule is CN(C)c1cccc(NC(=O)Nc2ccc(C(F)(F)F)cc2)c1. The molecule has 122 valence electrons. The van der Waals surface area contributed by atoms with E-state index in [2.05, 4.69) is 10.6 Å². The maximum Gasteiger partial charge on any atom is 0.416 e. The summed E-state index contributed by atoms with van der Waals surface area (Å²) in [6.45, 7) is 0. The number of nitrogens with one attached hydrogen (secondary N) is 2. The topological polar surface area (TPSA) is 44.4 Å². The van der Waals surface area contributed by atoms with Gasteiger partial charge in [-0.15, -0.1) is 0 Å². The van der Waals surface area contributed by atoms with Crippen LogP contribution >= 0.6 is 0 Å². The van der Waals surface area contributed by atoms with Gasteiger partial charge >= 0.3 is 12.2 Å². The summed E-state index contributed by atoms with van der Waals surface area (Å²) < 4.78 is 37.4. The number of anilines is 3. The van der Waals surface area contributed by atoms with Gasteiger partial charge in [-0.3, -0.25) is 0 Å². The van der Waals surface area contributed by atoms with Gasteiger partial charge in [0.05, 0.1) is 5.56 Å². The number of amides is 2. The van der Waals surface area contributed by atoms with Crippen LogP contribution in [0.3, 0.4) is 0 Å². The molecule has 0 fully saturated rings. The van der Waals surface area contributed by atoms with E-state index in [1.165, 1.54) is 12.1 Å². The highest BCUT2D eigenvalue weighted by molar-refractivity contribution is 6.00. The molecule has 0 aliphatic rings. The first-order valence-corrected chi connectivity index (χ1v) is 6.78. The predicted octanol–water partition coefficient (Wildman–Crippen LogP) is 4.42. The van der Waals surface area contributed by atoms with Crippen molar-refractivity contribution >= 4 is 23.1 Å². The summed E-state index contributed by atoms with van der Waals surface area (Å²) in [5.41, 5.74) is 1.01. The fraction of sp³-hybridized carbons (Fsp3) is 0.188. The van der Waals surface area contributed by atoms with Crippen molar-refractivity contribution < 1.29 is 18.0 Å². The van der Waals surface area contributed by atoms with E-state index in [0.717, 1.165) is 17.8 Å². The van der Waals surface area contributed by atoms with E-state index >= 15 is 0 Å². The molecule has 0 aliphatic carbocycles. The van der Waals surface area contributed by atoms with E-state index in [0.29, 0.717) is 5.69 Å². The number of halogens is 3. The first-order valence-electron chi connectivity index (χ1n) is 6.78. The maximum atomic E-state index is 12.5. The van der Waals surface area contributed by atoms with Crippen molar-refractivity contribution in [2.24, 2.45) is 0 Å². The summed E-state index contributed by atoms with van der Waals surface area (Å²) in [6, 6.07) is 10.9. The molecule has 0 unspecified atom stereocenters. The lowest BCUT2D eigenvalue weighted by Crippen LogP contribution is -2.19. The van der Waals surface area contributed by atoms with Crippen molar-refractivity contribution in [1.82, 2.24) is 0 Å². The number of hydrogen-bond donors (Lipinski definition) is 2. The van der Waals surface area contributed by atoms with Gasteiger partial charge in [0.15, 0.2) is 0 Å². The highest BCUT2D eigenvalue weighted by Crippen LogP contribution is 2.29. The van der Waals surface area contributed by atoms with Gasteiger partial charge in [0.2, 0.25) is 0 Å². The Bertz CT molecular complexity index is 682. The number of rotatable bonds is 3. The third kappa shape index (κ3) is 4.64. The van der Waals surface area contributed by atoms with E-state index in [1.54, 1.807) is 18.2 Å². The van der Waals surface area contributed by atoms with Crippen LogP contribution in [0.1, 0.15) is 5.56 Å². The molecule has 2 rings (SSSR count). The summed E-state index contributed by atoms with van der Waals surface area (Å²) >= 11 is 0. The van der Waals surface area contributed by atoms with Crippen LogP contribution in [-0.2, 0) is 6.18 Å². The van der Waals surface area contributed by atoms with Gasteiger partial charge in [-0.1, -0.05) is 6.07 Å². The molecule has 2 N–H and O–H groups in total. The quantitative estimate of drug-likeness (QED) is 0.878. The number of carbonyl (C=O) groups excluding carboxylic acids is 1. The lowest BCUT2D eigenvalue weighted by atomic mass is 10.2. The zero-order chi connectivity index (χ0) is 17.0. The Hall–Kier alpha value is -2.70. The largest absolute Gasteiger partial charge is 0.416 e. The Morgan fingerprint density at radius 1 is 0.957 bits per heavy atom. The molecule has 2 amide bonds. The van der Waals surface area contributed by atoms with Gasteiger partial charge in [0.1, 0.15) is 0 Å². The minimum Gasteiger partial charge on any atom is -0.378 e. The van der Waals surface area contributed by atoms with Crippen LogP contribution in [0.4, 0.5) is 35.0 Å². The van der Waals surface area contributed by atoms with Crippen molar-refractivity contribution in [3.05, 3.63) is 54.1 Å². The molecular formula is C16H16F3N3O. The zero-order valence-electron chi connectivity index (χ0n) is 12.6. The van der Waals surface area contributed by atoms with E-state index in [-0.39, 0.29) is 5.69 Å². The van der Waals surface area contributed by atoms with Crippen molar-refractivity contribution in [3.8, 4) is 0 Å². The Balaban J connectivity index is 2.01. The summed E-state index contributed by atoms with van der Waals surface area (Å²) in [5, 5.41) is 5.12. The monoisotopic (exact) mass is 323 g/mol. The minimum atomic E-state index is -4.40. The average molecular weight is 323 g/mol. The molecule has 0 spiro atoms. The van der Waals surface area contributed by atoms with Crippen LogP contribution in [0.25, 0.3) is 0 Å². The van der Waals surface area contributed by atoms with Crippen LogP contribution in [0, 0.1) is 0 Å². The third-order valence-electron chi connectivity index (χ3n) is 3.09. The number of nitrogens with zero attached hydrogens (tertiary/aromatic N) is 1. The van der Waals surface area contributed by atoms with Crippen molar-refractivity contribution in [3.63, 3.8) is 0 Å². The van der Waals surface area contributed by atoms with Gasteiger partial charge in [-0.25, -0.2) is 4.79 Å². The molecular weight excluding hydrogens is 307 g/mol. The molecule has 2 aromatic carbocycles. The summed E-state index contributed by atoms with van der Waals surface area (Å²) in [7, 11) is 3.75. The molecule has 0 saturated heterocycles. The Kier molecular flexibility index (Phi) is 4.78. The van der Waals surface area contributed by atoms with Crippen LogP contribution < -0.4 is 15.5 Å². The number of urea groups is 1. The minimum absolute atomic E-state index is 0.277. The van der Waals surface area contributed by atoms with Crippen molar-refractivity contribution in [1.29, 1.82) is 0 Å². The first-order chi connectivity index (χ1) is 10.8. The number of carbonyl (C=O) groups is 1. The number of benzene rings is 2. The van der Waals surface area contributed by atoms with Crippen LogP contribution in [0.15, 0.2) is 48.5 Å². The molecule has 2 aromatic rings. The third-order valence-corrected chi connectivity index (χ3v) is 3.09. The normalized spacial score (nSPS) is 11.0. The van der Waals surface area contributed by atoms with Crippen molar-refractivity contribution in [2.45, 2.75) is 6.18 Å². The average Bonchev–Trinajstić information content (AvgIpc) is 2.47. The van der Waals surface area contributed by atoms with Gasteiger partial charge in [-0.05, 0) is 42.5 Å². The van der Waals surface area contributed by atoms with E-state index < -0.39 is 17.8 Å². The molecule has 0 atom stereocenters. The van der Waals surface area contributed by atoms with Crippen LogP contribution in [0.5, 0.6) is 0 Å². The molecule has 0 aliphatic heterocycles. The summed E-state index contributed by atoms with van der Waals surface area (Å²) in [6.07, 6.45) is -4.40. The molecule has 0 saturated carbocycles. The first kappa shape index (κ1) is 16.7. The maximum absolute atomic E-state index is 12.5. The molecule has 0 bridgehead atoms. The fourth-order valence-electron chi connectivity index (χ4n) is 1.90. The lowest BCUT2D eigenvalue weighted by molar-refractivity contribution is -0.137. The molecule has 0 radical (unpaired) electrons. The summed E-state index contributed by atoms with van der Waals surface area (Å²) in [4.78, 5) is 13.8. The van der Waals surface area contributed by atoms with Gasteiger partial charge < -0.3 is 15.5 Å². The number of hydrogen-bond acceptors (Lipinski definition) is 2. The van der Waals surface area contributed by atoms with Gasteiger partial charge in [-0.2, -0.15) is 13.2 Å². The van der Waals surface area contributed by atoms with E-state index in [9.17, 15) is 18.0 Å². The van der Waals surface area contributed by atoms with Crippen LogP contribution in [0.2, 0.25) is 0 Å². The van der Waals surface area contributed by atoms with Gasteiger partial charge in [0, 0.05) is 31.2 Å². The Labute approximate surface area is 131 Å². The van der Waals surface area contributed by atoms with E-state index in [1.807, 2.05) is 25.1 Å². The van der Waals surface area contributed by atoms with E-state index in [4.69, 9.17) is 0 Å². The lowest BCUT2D eigenvalue weighted by Gasteiger charge is -2.14. The molecule has 4 nitrogen and oxygen atoms in total. The Morgan fingerprint density at radius 2 is 1.57 bits per heavy atom. The standard InChI is InChI=1S/C16H16F3N3O/c1-22(2)14-5-3-4-13(10-14)21-15(23)20-12-8-6-11(7-9-12)16(17,18)19/h3-10H,1-2H3,(H2,20,21,23). The highest BCUT2D eigenvalue weighted by atomic mass is 19.4. The highest BCUT2D eigenvalue weighted by Gasteiger charge is 2.29. The Morgan fingerprint density at radius 3 is 2.13 bits per heavy atom.